The lowest BCUT2D eigenvalue weighted by molar-refractivity contribution is 0.250. The molecular formula is C13H21N3O2. The quantitative estimate of drug-likeness (QED) is 0.721. The van der Waals surface area contributed by atoms with Gasteiger partial charge in [-0.3, -0.25) is 0 Å². The van der Waals surface area contributed by atoms with Gasteiger partial charge in [-0.2, -0.15) is 0 Å². The Morgan fingerprint density at radius 2 is 2.17 bits per heavy atom. The Morgan fingerprint density at radius 3 is 2.83 bits per heavy atom. The summed E-state index contributed by atoms with van der Waals surface area (Å²) in [6, 6.07) is 7.05. The minimum Gasteiger partial charge on any atom is -0.495 e. The van der Waals surface area contributed by atoms with Crippen molar-refractivity contribution in [2.24, 2.45) is 11.7 Å². The average molecular weight is 251 g/mol. The van der Waals surface area contributed by atoms with Gasteiger partial charge in [-0.05, 0) is 31.0 Å². The van der Waals surface area contributed by atoms with Gasteiger partial charge in [0.15, 0.2) is 0 Å². The van der Waals surface area contributed by atoms with Gasteiger partial charge in [-0.15, -0.1) is 0 Å². The van der Waals surface area contributed by atoms with Crippen molar-refractivity contribution in [2.75, 3.05) is 25.5 Å². The highest BCUT2D eigenvalue weighted by molar-refractivity contribution is 5.90. The number of methoxy groups -OCH3 is 1. The molecule has 0 aliphatic carbocycles. The monoisotopic (exact) mass is 251 g/mol. The van der Waals surface area contributed by atoms with Gasteiger partial charge in [0.25, 0.3) is 0 Å². The number of amides is 2. The van der Waals surface area contributed by atoms with Gasteiger partial charge in [0.1, 0.15) is 5.75 Å². The molecule has 0 aromatic heterocycles. The van der Waals surface area contributed by atoms with Crippen molar-refractivity contribution in [1.82, 2.24) is 5.32 Å². The summed E-state index contributed by atoms with van der Waals surface area (Å²) in [6.07, 6.45) is 0.898. The fraction of sp³-hybridized carbons (Fsp3) is 0.462. The second-order valence-corrected chi connectivity index (χ2v) is 4.22. The predicted molar refractivity (Wildman–Crippen MR) is 72.9 cm³/mol. The van der Waals surface area contributed by atoms with Crippen molar-refractivity contribution in [3.8, 4) is 5.75 Å². The highest BCUT2D eigenvalue weighted by Crippen LogP contribution is 2.22. The van der Waals surface area contributed by atoms with Crippen LogP contribution < -0.4 is 21.1 Å². The molecule has 5 heteroatoms. The van der Waals surface area contributed by atoms with E-state index in [0.29, 0.717) is 30.4 Å². The third-order valence-electron chi connectivity index (χ3n) is 2.63. The second-order valence-electron chi connectivity index (χ2n) is 4.22. The molecule has 0 saturated carbocycles. The first kappa shape index (κ1) is 14.3. The molecule has 0 fully saturated rings. The summed E-state index contributed by atoms with van der Waals surface area (Å²) in [6.45, 7) is 3.30. The maximum atomic E-state index is 11.7. The van der Waals surface area contributed by atoms with Gasteiger partial charge in [0, 0.05) is 6.54 Å². The summed E-state index contributed by atoms with van der Waals surface area (Å²) in [7, 11) is 1.57. The second kappa shape index (κ2) is 7.55. The molecule has 1 rings (SSSR count). The third kappa shape index (κ3) is 4.63. The molecule has 4 N–H and O–H groups in total. The lowest BCUT2D eigenvalue weighted by atomic mass is 10.1. The Morgan fingerprint density at radius 1 is 1.44 bits per heavy atom. The standard InChI is InChI=1S/C13H21N3O2/c1-10(7-8-14)9-15-13(17)16-11-5-3-4-6-12(11)18-2/h3-6,10H,7-9,14H2,1-2H3,(H2,15,16,17). The maximum absolute atomic E-state index is 11.7. The lowest BCUT2D eigenvalue weighted by Gasteiger charge is -2.13. The van der Waals surface area contributed by atoms with Crippen molar-refractivity contribution in [3.63, 3.8) is 0 Å². The van der Waals surface area contributed by atoms with Crippen LogP contribution in [0.1, 0.15) is 13.3 Å². The molecule has 0 heterocycles. The van der Waals surface area contributed by atoms with Gasteiger partial charge in [-0.1, -0.05) is 19.1 Å². The number of ether oxygens (including phenoxy) is 1. The van der Waals surface area contributed by atoms with Crippen LogP contribution in [-0.2, 0) is 0 Å². The molecule has 2 amide bonds. The van der Waals surface area contributed by atoms with Gasteiger partial charge < -0.3 is 21.1 Å². The molecule has 0 radical (unpaired) electrons. The first-order valence-electron chi connectivity index (χ1n) is 6.05. The Bertz CT molecular complexity index is 382. The molecule has 0 bridgehead atoms. The van der Waals surface area contributed by atoms with Crippen LogP contribution in [0.4, 0.5) is 10.5 Å². The molecular weight excluding hydrogens is 230 g/mol. The number of carbonyl (C=O) groups is 1. The van der Waals surface area contributed by atoms with Crippen LogP contribution in [-0.4, -0.2) is 26.2 Å². The predicted octanol–water partition coefficient (Wildman–Crippen LogP) is 1.80. The summed E-state index contributed by atoms with van der Waals surface area (Å²) in [4.78, 5) is 11.7. The van der Waals surface area contributed by atoms with Crippen LogP contribution in [0.3, 0.4) is 0 Å². The Kier molecular flexibility index (Phi) is 6.00. The summed E-state index contributed by atoms with van der Waals surface area (Å²) in [5.74, 6) is 1.01. The highest BCUT2D eigenvalue weighted by atomic mass is 16.5. The maximum Gasteiger partial charge on any atom is 0.319 e. The summed E-state index contributed by atoms with van der Waals surface area (Å²) >= 11 is 0. The van der Waals surface area contributed by atoms with Crippen molar-refractivity contribution < 1.29 is 9.53 Å². The molecule has 18 heavy (non-hydrogen) atoms. The number of para-hydroxylation sites is 2. The number of anilines is 1. The topological polar surface area (TPSA) is 76.4 Å². The van der Waals surface area contributed by atoms with E-state index in [9.17, 15) is 4.79 Å². The Labute approximate surface area is 108 Å². The van der Waals surface area contributed by atoms with Crippen LogP contribution in [0.15, 0.2) is 24.3 Å². The molecule has 100 valence electrons. The van der Waals surface area contributed by atoms with E-state index in [-0.39, 0.29) is 6.03 Å². The van der Waals surface area contributed by atoms with Crippen molar-refractivity contribution in [2.45, 2.75) is 13.3 Å². The van der Waals surface area contributed by atoms with Crippen LogP contribution in [0, 0.1) is 5.92 Å². The van der Waals surface area contributed by atoms with Gasteiger partial charge in [0.2, 0.25) is 0 Å². The molecule has 0 aliphatic rings. The van der Waals surface area contributed by atoms with Crippen molar-refractivity contribution >= 4 is 11.7 Å². The zero-order chi connectivity index (χ0) is 13.4. The summed E-state index contributed by atoms with van der Waals surface area (Å²) in [5.41, 5.74) is 6.11. The summed E-state index contributed by atoms with van der Waals surface area (Å²) < 4.78 is 5.15. The van der Waals surface area contributed by atoms with Crippen LogP contribution >= 0.6 is 0 Å². The molecule has 1 atom stereocenters. The first-order chi connectivity index (χ1) is 8.67. The first-order valence-corrected chi connectivity index (χ1v) is 6.05. The van der Waals surface area contributed by atoms with Gasteiger partial charge >= 0.3 is 6.03 Å². The Hall–Kier alpha value is -1.75. The fourth-order valence-corrected chi connectivity index (χ4v) is 1.57. The molecule has 0 aliphatic heterocycles. The summed E-state index contributed by atoms with van der Waals surface area (Å²) in [5, 5.41) is 5.56. The van der Waals surface area contributed by atoms with Gasteiger partial charge in [-0.25, -0.2) is 4.79 Å². The zero-order valence-corrected chi connectivity index (χ0v) is 10.9. The van der Waals surface area contributed by atoms with E-state index in [0.717, 1.165) is 6.42 Å². The highest BCUT2D eigenvalue weighted by Gasteiger charge is 2.07. The number of urea groups is 1. The number of hydrogen-bond acceptors (Lipinski definition) is 3. The zero-order valence-electron chi connectivity index (χ0n) is 10.9. The average Bonchev–Trinajstić information content (AvgIpc) is 2.37. The number of nitrogens with two attached hydrogens (primary N) is 1. The molecule has 0 spiro atoms. The Balaban J connectivity index is 2.44. The minimum absolute atomic E-state index is 0.233. The van der Waals surface area contributed by atoms with E-state index in [1.165, 1.54) is 0 Å². The van der Waals surface area contributed by atoms with Crippen molar-refractivity contribution in [1.29, 1.82) is 0 Å². The molecule has 5 nitrogen and oxygen atoms in total. The molecule has 0 saturated heterocycles. The number of hydrogen-bond donors (Lipinski definition) is 3. The van der Waals surface area contributed by atoms with Crippen LogP contribution in [0.2, 0.25) is 0 Å². The number of nitrogens with one attached hydrogen (secondary N) is 2. The van der Waals surface area contributed by atoms with E-state index in [1.807, 2.05) is 12.1 Å². The van der Waals surface area contributed by atoms with E-state index in [1.54, 1.807) is 19.2 Å². The minimum atomic E-state index is -0.233. The van der Waals surface area contributed by atoms with E-state index in [4.69, 9.17) is 10.5 Å². The third-order valence-corrected chi connectivity index (χ3v) is 2.63. The normalized spacial score (nSPS) is 11.7. The largest absolute Gasteiger partial charge is 0.495 e. The van der Waals surface area contributed by atoms with Crippen molar-refractivity contribution in [3.05, 3.63) is 24.3 Å². The number of carbonyl (C=O) groups excluding carboxylic acids is 1. The SMILES string of the molecule is COc1ccccc1NC(=O)NCC(C)CCN. The van der Waals surface area contributed by atoms with Crippen LogP contribution in [0.5, 0.6) is 5.75 Å². The molecule has 1 unspecified atom stereocenters. The van der Waals surface area contributed by atoms with Crippen LogP contribution in [0.25, 0.3) is 0 Å². The molecule has 1 aromatic rings. The van der Waals surface area contributed by atoms with E-state index in [2.05, 4.69) is 17.6 Å². The van der Waals surface area contributed by atoms with E-state index >= 15 is 0 Å². The fourth-order valence-electron chi connectivity index (χ4n) is 1.57. The smallest absolute Gasteiger partial charge is 0.319 e. The lowest BCUT2D eigenvalue weighted by Crippen LogP contribution is -2.33. The van der Waals surface area contributed by atoms with E-state index < -0.39 is 0 Å². The molecule has 1 aromatic carbocycles. The van der Waals surface area contributed by atoms with Gasteiger partial charge in [0.05, 0.1) is 12.8 Å². The number of rotatable bonds is 6. The number of benzene rings is 1.